The van der Waals surface area contributed by atoms with E-state index >= 15 is 0 Å². The molecule has 1 aromatic carbocycles. The fourth-order valence-corrected chi connectivity index (χ4v) is 5.88. The van der Waals surface area contributed by atoms with E-state index in [-0.39, 0.29) is 35.6 Å². The molecule has 0 spiro atoms. The highest BCUT2D eigenvalue weighted by atomic mass is 28.3. The Kier molecular flexibility index (Phi) is 7.16. The van der Waals surface area contributed by atoms with Crippen LogP contribution in [0.3, 0.4) is 0 Å². The second-order valence-electron chi connectivity index (χ2n) is 10.4. The molecular formula is C24H37NO5Si. The van der Waals surface area contributed by atoms with Crippen LogP contribution in [0, 0.1) is 11.8 Å². The van der Waals surface area contributed by atoms with Gasteiger partial charge in [0.05, 0.1) is 25.0 Å². The normalized spacial score (nSPS) is 27.1. The van der Waals surface area contributed by atoms with Gasteiger partial charge in [0.2, 0.25) is 0 Å². The minimum absolute atomic E-state index is 0.0875. The molecule has 172 valence electrons. The fraction of sp³-hybridized carbons (Fsp3) is 0.667. The van der Waals surface area contributed by atoms with Gasteiger partial charge in [-0.3, -0.25) is 9.59 Å². The Morgan fingerprint density at radius 3 is 2.32 bits per heavy atom. The van der Waals surface area contributed by atoms with Gasteiger partial charge in [-0.15, -0.1) is 0 Å². The molecule has 0 radical (unpaired) electrons. The van der Waals surface area contributed by atoms with Gasteiger partial charge >= 0.3 is 11.9 Å². The zero-order chi connectivity index (χ0) is 22.9. The lowest BCUT2D eigenvalue weighted by atomic mass is 9.54. The van der Waals surface area contributed by atoms with Crippen LogP contribution in [0.5, 0.6) is 5.75 Å². The molecule has 1 aromatic rings. The Balaban J connectivity index is 1.99. The lowest BCUT2D eigenvalue weighted by molar-refractivity contribution is -0.167. The third-order valence-electron chi connectivity index (χ3n) is 6.70. The van der Waals surface area contributed by atoms with Crippen molar-refractivity contribution in [3.63, 3.8) is 0 Å². The molecule has 0 saturated heterocycles. The maximum atomic E-state index is 13.3. The van der Waals surface area contributed by atoms with Gasteiger partial charge in [-0.1, -0.05) is 32.6 Å². The van der Waals surface area contributed by atoms with E-state index in [2.05, 4.69) is 24.5 Å². The first-order chi connectivity index (χ1) is 14.5. The quantitative estimate of drug-likeness (QED) is 0.480. The fourth-order valence-electron chi connectivity index (χ4n) is 5.17. The summed E-state index contributed by atoms with van der Waals surface area (Å²) in [5, 5.41) is 10.2. The van der Waals surface area contributed by atoms with Crippen molar-refractivity contribution in [2.24, 2.45) is 11.8 Å². The number of carbonyl (C=O) groups excluding carboxylic acids is 2. The van der Waals surface area contributed by atoms with E-state index in [9.17, 15) is 14.7 Å². The van der Waals surface area contributed by atoms with E-state index in [0.717, 1.165) is 30.0 Å². The number of phenols is 1. The third-order valence-corrected chi connectivity index (χ3v) is 8.40. The van der Waals surface area contributed by atoms with Crippen LogP contribution in [0.1, 0.15) is 42.7 Å². The highest BCUT2D eigenvalue weighted by molar-refractivity contribution is 6.76. The third kappa shape index (κ3) is 4.98. The van der Waals surface area contributed by atoms with E-state index in [4.69, 9.17) is 9.47 Å². The first-order valence-electron chi connectivity index (χ1n) is 11.4. The summed E-state index contributed by atoms with van der Waals surface area (Å²) in [6.45, 7) is 9.44. The zero-order valence-electron chi connectivity index (χ0n) is 19.7. The molecule has 1 saturated carbocycles. The average molecular weight is 448 g/mol. The van der Waals surface area contributed by atoms with Gasteiger partial charge in [0, 0.05) is 20.0 Å². The molecule has 1 fully saturated rings. The van der Waals surface area contributed by atoms with Crippen LogP contribution in [0.15, 0.2) is 18.2 Å². The van der Waals surface area contributed by atoms with Gasteiger partial charge in [0.1, 0.15) is 5.75 Å². The van der Waals surface area contributed by atoms with Gasteiger partial charge in [-0.05, 0) is 62.2 Å². The molecule has 5 atom stereocenters. The zero-order valence-corrected chi connectivity index (χ0v) is 20.7. The van der Waals surface area contributed by atoms with Crippen LogP contribution in [0.4, 0.5) is 0 Å². The van der Waals surface area contributed by atoms with Crippen molar-refractivity contribution in [1.82, 2.24) is 4.90 Å². The number of nitrogens with zero attached hydrogens (tertiary/aromatic N) is 1. The van der Waals surface area contributed by atoms with Crippen LogP contribution in [0.25, 0.3) is 0 Å². The summed E-state index contributed by atoms with van der Waals surface area (Å²) in [6, 6.07) is 6.32. The Labute approximate surface area is 186 Å². The molecule has 0 amide bonds. The smallest absolute Gasteiger partial charge is 0.310 e. The minimum Gasteiger partial charge on any atom is -0.508 e. The molecule has 3 aliphatic carbocycles. The number of aromatic hydroxyl groups is 1. The van der Waals surface area contributed by atoms with Gasteiger partial charge < -0.3 is 19.5 Å². The van der Waals surface area contributed by atoms with Crippen molar-refractivity contribution in [1.29, 1.82) is 0 Å². The number of hydrogen-bond acceptors (Lipinski definition) is 6. The molecule has 3 aliphatic rings. The Bertz CT molecular complexity index is 819. The van der Waals surface area contributed by atoms with Crippen molar-refractivity contribution < 1.29 is 24.2 Å². The van der Waals surface area contributed by atoms with E-state index in [1.54, 1.807) is 12.1 Å². The summed E-state index contributed by atoms with van der Waals surface area (Å²) < 4.78 is 11.3. The van der Waals surface area contributed by atoms with Gasteiger partial charge in [-0.25, -0.2) is 0 Å². The summed E-state index contributed by atoms with van der Waals surface area (Å²) in [6.07, 6.45) is 1.51. The largest absolute Gasteiger partial charge is 0.508 e. The molecule has 1 N–H and O–H groups in total. The molecule has 31 heavy (non-hydrogen) atoms. The van der Waals surface area contributed by atoms with Crippen LogP contribution >= 0.6 is 0 Å². The van der Waals surface area contributed by atoms with Crippen LogP contribution in [-0.2, 0) is 19.1 Å². The van der Waals surface area contributed by atoms with Crippen LogP contribution in [-0.4, -0.2) is 63.4 Å². The molecule has 2 bridgehead atoms. The first-order valence-corrected chi connectivity index (χ1v) is 15.1. The predicted molar refractivity (Wildman–Crippen MR) is 123 cm³/mol. The number of ether oxygens (including phenoxy) is 2. The summed E-state index contributed by atoms with van der Waals surface area (Å²) >= 11 is 0. The van der Waals surface area contributed by atoms with Crippen LogP contribution < -0.4 is 0 Å². The Morgan fingerprint density at radius 2 is 1.71 bits per heavy atom. The molecule has 4 rings (SSSR count). The van der Waals surface area contributed by atoms with Crippen molar-refractivity contribution >= 4 is 20.0 Å². The van der Waals surface area contributed by atoms with E-state index in [1.165, 1.54) is 0 Å². The molecule has 7 heteroatoms. The van der Waals surface area contributed by atoms with Crippen molar-refractivity contribution in [3.8, 4) is 5.75 Å². The Hall–Kier alpha value is -1.86. The number of hydrogen-bond donors (Lipinski definition) is 1. The molecule has 0 aromatic heterocycles. The second kappa shape index (κ2) is 9.33. The minimum atomic E-state index is -1.34. The maximum Gasteiger partial charge on any atom is 0.310 e. The molecule has 0 aliphatic heterocycles. The van der Waals surface area contributed by atoms with Gasteiger partial charge in [0.15, 0.2) is 0 Å². The molecule has 2 unspecified atom stereocenters. The number of likely N-dealkylation sites (N-methyl/N-ethyl adjacent to an activating group) is 1. The standard InChI is InChI=1S/C24H37NO5Si/c1-7-10-29-24(28)22-20-17-13-15(26)8-9-16(17)18(14-19(20)25(2)3)21(22)23(27)30-11-12-31(4,5)6/h8-9,13,18-22,26H,7,10-12,14H2,1-6H3/t18?,19?,20-,21-,22-/m1/s1. The van der Waals surface area contributed by atoms with Gasteiger partial charge in [-0.2, -0.15) is 0 Å². The predicted octanol–water partition coefficient (Wildman–Crippen LogP) is 3.97. The summed E-state index contributed by atoms with van der Waals surface area (Å²) in [7, 11) is 2.67. The number of phenolic OH excluding ortho intramolecular Hbond substituents is 1. The highest BCUT2D eigenvalue weighted by Gasteiger charge is 2.58. The highest BCUT2D eigenvalue weighted by Crippen LogP contribution is 2.57. The van der Waals surface area contributed by atoms with Crippen molar-refractivity contribution in [2.75, 3.05) is 27.3 Å². The lowest BCUT2D eigenvalue weighted by Gasteiger charge is -2.53. The monoisotopic (exact) mass is 447 g/mol. The van der Waals surface area contributed by atoms with Crippen molar-refractivity contribution in [2.45, 2.75) is 63.3 Å². The summed E-state index contributed by atoms with van der Waals surface area (Å²) in [4.78, 5) is 28.7. The van der Waals surface area contributed by atoms with E-state index < -0.39 is 19.9 Å². The number of esters is 2. The number of carbonyl (C=O) groups is 2. The summed E-state index contributed by atoms with van der Waals surface area (Å²) in [5.41, 5.74) is 2.01. The van der Waals surface area contributed by atoms with Gasteiger partial charge in [0.25, 0.3) is 0 Å². The lowest BCUT2D eigenvalue weighted by Crippen LogP contribution is -2.55. The molecular weight excluding hydrogens is 410 g/mol. The Morgan fingerprint density at radius 1 is 1.06 bits per heavy atom. The number of fused-ring (bicyclic) bond motifs is 2. The SMILES string of the molecule is CCCOC(=O)[C@H]1[C@H](C(=O)OCC[Si](C)(C)C)C2CC(N(C)C)[C@H]1c1cc(O)ccc12. The maximum absolute atomic E-state index is 13.3. The topological polar surface area (TPSA) is 76.1 Å². The van der Waals surface area contributed by atoms with E-state index in [0.29, 0.717) is 13.2 Å². The number of benzene rings is 1. The molecule has 0 heterocycles. The van der Waals surface area contributed by atoms with Crippen LogP contribution in [0.2, 0.25) is 25.7 Å². The molecule has 6 nitrogen and oxygen atoms in total. The second-order valence-corrected chi connectivity index (χ2v) is 16.0. The van der Waals surface area contributed by atoms with E-state index in [1.807, 2.05) is 27.1 Å². The average Bonchev–Trinajstić information content (AvgIpc) is 2.69. The number of rotatable bonds is 8. The summed E-state index contributed by atoms with van der Waals surface area (Å²) in [5.74, 6) is -1.95. The van der Waals surface area contributed by atoms with Crippen molar-refractivity contribution in [3.05, 3.63) is 29.3 Å². The first kappa shape index (κ1) is 23.8.